The maximum atomic E-state index is 12.2. The molecule has 0 aromatic heterocycles. The first-order chi connectivity index (χ1) is 16.5. The summed E-state index contributed by atoms with van der Waals surface area (Å²) < 4.78 is 5.44. The minimum atomic E-state index is -0.823. The molecule has 1 fully saturated rings. The second-order valence-corrected chi connectivity index (χ2v) is 8.69. The van der Waals surface area contributed by atoms with Crippen LogP contribution in [0.5, 0.6) is 0 Å². The van der Waals surface area contributed by atoms with Crippen LogP contribution in [0.4, 0.5) is 10.5 Å². The average molecular weight is 456 g/mol. The van der Waals surface area contributed by atoms with Crippen molar-refractivity contribution in [1.82, 2.24) is 5.32 Å². The quantitative estimate of drug-likeness (QED) is 0.492. The van der Waals surface area contributed by atoms with E-state index in [-0.39, 0.29) is 19.1 Å². The van der Waals surface area contributed by atoms with Crippen LogP contribution in [0, 0.1) is 0 Å². The summed E-state index contributed by atoms with van der Waals surface area (Å²) in [6.45, 7) is -0.0637. The van der Waals surface area contributed by atoms with E-state index < -0.39 is 23.4 Å². The smallest absolute Gasteiger partial charge is 0.407 e. The molecule has 7 heteroatoms. The Morgan fingerprint density at radius 2 is 1.47 bits per heavy atom. The summed E-state index contributed by atoms with van der Waals surface area (Å²) in [5, 5.41) is 14.6. The Labute approximate surface area is 196 Å². The van der Waals surface area contributed by atoms with Crippen LogP contribution in [0.15, 0.2) is 72.8 Å². The van der Waals surface area contributed by atoms with Gasteiger partial charge in [-0.1, -0.05) is 60.7 Å². The van der Waals surface area contributed by atoms with Crippen LogP contribution in [-0.2, 0) is 19.7 Å². The fourth-order valence-corrected chi connectivity index (χ4v) is 4.63. The highest BCUT2D eigenvalue weighted by Gasteiger charge is 2.51. The van der Waals surface area contributed by atoms with Gasteiger partial charge in [0.15, 0.2) is 0 Å². The number of hydrogen-bond acceptors (Lipinski definition) is 4. The lowest BCUT2D eigenvalue weighted by Gasteiger charge is -2.14. The van der Waals surface area contributed by atoms with E-state index >= 15 is 0 Å². The Bertz CT molecular complexity index is 1220. The number of carbonyl (C=O) groups is 3. The number of fused-ring (bicyclic) bond motifs is 3. The molecule has 2 aliphatic rings. The number of amides is 2. The predicted octanol–water partition coefficient (Wildman–Crippen LogP) is 4.28. The number of hydrogen-bond donors (Lipinski definition) is 3. The van der Waals surface area contributed by atoms with Gasteiger partial charge >= 0.3 is 12.1 Å². The molecule has 7 nitrogen and oxygen atoms in total. The molecular weight excluding hydrogens is 432 g/mol. The van der Waals surface area contributed by atoms with E-state index in [4.69, 9.17) is 4.74 Å². The van der Waals surface area contributed by atoms with Crippen LogP contribution in [-0.4, -0.2) is 36.2 Å². The highest BCUT2D eigenvalue weighted by Crippen LogP contribution is 2.48. The second kappa shape index (κ2) is 8.67. The standard InChI is InChI=1S/C27H24N2O5/c30-24(29-18-11-9-17(10-12-18)27(13-14-27)25(31)32)15-28-26(33)34-16-23-21-7-3-1-5-19(21)20-6-2-4-8-22(20)23/h1-12,23H,13-16H2,(H,28,33)(H,29,30)(H,31,32). The molecule has 3 N–H and O–H groups in total. The summed E-state index contributed by atoms with van der Waals surface area (Å²) in [4.78, 5) is 35.9. The lowest BCUT2D eigenvalue weighted by Crippen LogP contribution is -2.34. The van der Waals surface area contributed by atoms with Gasteiger partial charge in [0.05, 0.1) is 5.41 Å². The van der Waals surface area contributed by atoms with Crippen LogP contribution < -0.4 is 10.6 Å². The van der Waals surface area contributed by atoms with E-state index in [9.17, 15) is 19.5 Å². The van der Waals surface area contributed by atoms with E-state index in [2.05, 4.69) is 22.8 Å². The van der Waals surface area contributed by atoms with Gasteiger partial charge in [-0.05, 0) is 52.8 Å². The molecule has 172 valence electrons. The summed E-state index contributed by atoms with van der Waals surface area (Å²) in [5.41, 5.74) is 5.01. The Morgan fingerprint density at radius 3 is 2.03 bits per heavy atom. The summed E-state index contributed by atoms with van der Waals surface area (Å²) in [7, 11) is 0. The van der Waals surface area contributed by atoms with E-state index in [1.807, 2.05) is 36.4 Å². The molecule has 0 spiro atoms. The van der Waals surface area contributed by atoms with Gasteiger partial charge in [0.25, 0.3) is 0 Å². The molecule has 0 saturated heterocycles. The Kier molecular flexibility index (Phi) is 5.53. The minimum absolute atomic E-state index is 0.0499. The summed E-state index contributed by atoms with van der Waals surface area (Å²) in [6, 6.07) is 22.9. The van der Waals surface area contributed by atoms with Crippen LogP contribution >= 0.6 is 0 Å². The molecule has 3 aromatic carbocycles. The molecule has 0 aliphatic heterocycles. The number of carbonyl (C=O) groups excluding carboxylic acids is 2. The fourth-order valence-electron chi connectivity index (χ4n) is 4.63. The zero-order valence-corrected chi connectivity index (χ0v) is 18.4. The molecule has 0 unspecified atom stereocenters. The highest BCUT2D eigenvalue weighted by molar-refractivity contribution is 5.94. The van der Waals surface area contributed by atoms with Crippen molar-refractivity contribution >= 4 is 23.7 Å². The van der Waals surface area contributed by atoms with Gasteiger partial charge in [0.1, 0.15) is 13.2 Å². The number of nitrogens with one attached hydrogen (secondary N) is 2. The molecule has 0 heterocycles. The maximum Gasteiger partial charge on any atom is 0.407 e. The van der Waals surface area contributed by atoms with Gasteiger partial charge in [0.2, 0.25) is 5.91 Å². The second-order valence-electron chi connectivity index (χ2n) is 8.69. The molecule has 34 heavy (non-hydrogen) atoms. The Hall–Kier alpha value is -4.13. The molecule has 1 saturated carbocycles. The van der Waals surface area contributed by atoms with Crippen molar-refractivity contribution in [3.8, 4) is 11.1 Å². The van der Waals surface area contributed by atoms with Gasteiger partial charge in [0, 0.05) is 11.6 Å². The number of rotatable bonds is 7. The molecule has 0 radical (unpaired) electrons. The number of aliphatic carboxylic acids is 1. The summed E-state index contributed by atoms with van der Waals surface area (Å²) in [6.07, 6.45) is 0.584. The number of carboxylic acids is 1. The normalized spacial score (nSPS) is 15.1. The van der Waals surface area contributed by atoms with Crippen LogP contribution in [0.1, 0.15) is 35.4 Å². The zero-order chi connectivity index (χ0) is 23.7. The predicted molar refractivity (Wildman–Crippen MR) is 127 cm³/mol. The first-order valence-corrected chi connectivity index (χ1v) is 11.2. The van der Waals surface area contributed by atoms with Gasteiger partial charge in [-0.25, -0.2) is 4.79 Å². The number of carboxylic acid groups (broad SMARTS) is 1. The Morgan fingerprint density at radius 1 is 0.882 bits per heavy atom. The number of anilines is 1. The molecular formula is C27H24N2O5. The maximum absolute atomic E-state index is 12.2. The largest absolute Gasteiger partial charge is 0.481 e. The van der Waals surface area contributed by atoms with E-state index in [1.165, 1.54) is 0 Å². The van der Waals surface area contributed by atoms with Crippen molar-refractivity contribution in [1.29, 1.82) is 0 Å². The fraction of sp³-hybridized carbons (Fsp3) is 0.222. The van der Waals surface area contributed by atoms with Crippen molar-refractivity contribution in [3.05, 3.63) is 89.5 Å². The molecule has 2 amide bonds. The van der Waals surface area contributed by atoms with Gasteiger partial charge in [-0.15, -0.1) is 0 Å². The number of alkyl carbamates (subject to hydrolysis) is 1. The van der Waals surface area contributed by atoms with Crippen molar-refractivity contribution in [3.63, 3.8) is 0 Å². The molecule has 2 aliphatic carbocycles. The van der Waals surface area contributed by atoms with Crippen molar-refractivity contribution in [2.24, 2.45) is 0 Å². The molecule has 3 aromatic rings. The zero-order valence-electron chi connectivity index (χ0n) is 18.4. The van der Waals surface area contributed by atoms with Crippen molar-refractivity contribution in [2.75, 3.05) is 18.5 Å². The topological polar surface area (TPSA) is 105 Å². The third-order valence-electron chi connectivity index (χ3n) is 6.62. The lowest BCUT2D eigenvalue weighted by atomic mass is 9.96. The SMILES string of the molecule is O=C(CNC(=O)OCC1c2ccccc2-c2ccccc21)Nc1ccc(C2(C(=O)O)CC2)cc1. The highest BCUT2D eigenvalue weighted by atomic mass is 16.5. The van der Waals surface area contributed by atoms with Crippen LogP contribution in [0.2, 0.25) is 0 Å². The Balaban J connectivity index is 1.12. The van der Waals surface area contributed by atoms with Crippen molar-refractivity contribution < 1.29 is 24.2 Å². The summed E-state index contributed by atoms with van der Waals surface area (Å²) >= 11 is 0. The van der Waals surface area contributed by atoms with Gasteiger partial charge < -0.3 is 20.5 Å². The summed E-state index contributed by atoms with van der Waals surface area (Å²) in [5.74, 6) is -1.27. The molecule has 0 atom stereocenters. The van der Waals surface area contributed by atoms with Gasteiger partial charge in [-0.2, -0.15) is 0 Å². The monoisotopic (exact) mass is 456 g/mol. The average Bonchev–Trinajstić information content (AvgIpc) is 3.61. The number of ether oxygens (including phenoxy) is 1. The lowest BCUT2D eigenvalue weighted by molar-refractivity contribution is -0.140. The van der Waals surface area contributed by atoms with E-state index in [1.54, 1.807) is 24.3 Å². The first-order valence-electron chi connectivity index (χ1n) is 11.2. The van der Waals surface area contributed by atoms with E-state index in [0.29, 0.717) is 18.5 Å². The molecule has 0 bridgehead atoms. The van der Waals surface area contributed by atoms with Crippen LogP contribution in [0.25, 0.3) is 11.1 Å². The van der Waals surface area contributed by atoms with E-state index in [0.717, 1.165) is 27.8 Å². The number of benzene rings is 3. The molecule has 5 rings (SSSR count). The van der Waals surface area contributed by atoms with Crippen molar-refractivity contribution in [2.45, 2.75) is 24.2 Å². The third kappa shape index (κ3) is 4.01. The first kappa shape index (κ1) is 21.7. The minimum Gasteiger partial charge on any atom is -0.481 e. The third-order valence-corrected chi connectivity index (χ3v) is 6.62. The van der Waals surface area contributed by atoms with Crippen LogP contribution in [0.3, 0.4) is 0 Å². The van der Waals surface area contributed by atoms with Gasteiger partial charge in [-0.3, -0.25) is 9.59 Å².